The number of carbonyl (C=O) groups is 2. The van der Waals surface area contributed by atoms with Crippen LogP contribution in [0.4, 0.5) is 0 Å². The average molecular weight is 959 g/mol. The number of aliphatic hydroxyl groups excluding tert-OH is 2. The second kappa shape index (κ2) is 57.9. The number of rotatable bonds is 57. The van der Waals surface area contributed by atoms with Crippen molar-refractivity contribution >= 4 is 11.9 Å². The van der Waals surface area contributed by atoms with Gasteiger partial charge >= 0.3 is 5.97 Å². The number of nitrogens with one attached hydrogen (secondary N) is 1. The van der Waals surface area contributed by atoms with Crippen molar-refractivity contribution in [3.8, 4) is 0 Å². The maximum Gasteiger partial charge on any atom is 0.305 e. The molecule has 1 amide bonds. The van der Waals surface area contributed by atoms with Crippen molar-refractivity contribution in [2.75, 3.05) is 13.2 Å². The zero-order chi connectivity index (χ0) is 49.3. The van der Waals surface area contributed by atoms with Crippen molar-refractivity contribution in [2.45, 2.75) is 347 Å². The minimum absolute atomic E-state index is 0.00926. The quantitative estimate of drug-likeness (QED) is 0.0321. The number of esters is 1. The first-order valence-corrected chi connectivity index (χ1v) is 30.6. The van der Waals surface area contributed by atoms with Gasteiger partial charge in [-0.3, -0.25) is 9.59 Å². The highest BCUT2D eigenvalue weighted by atomic mass is 16.5. The third-order valence-corrected chi connectivity index (χ3v) is 14.2. The van der Waals surface area contributed by atoms with Gasteiger partial charge in [-0.05, 0) is 57.8 Å². The normalized spacial score (nSPS) is 12.7. The molecule has 68 heavy (non-hydrogen) atoms. The Morgan fingerprint density at radius 3 is 1.04 bits per heavy atom. The first-order chi connectivity index (χ1) is 33.5. The second-order valence-electron chi connectivity index (χ2n) is 21.0. The predicted molar refractivity (Wildman–Crippen MR) is 296 cm³/mol. The molecule has 0 saturated carbocycles. The van der Waals surface area contributed by atoms with Crippen LogP contribution in [0.2, 0.25) is 0 Å². The van der Waals surface area contributed by atoms with Gasteiger partial charge in [-0.25, -0.2) is 0 Å². The van der Waals surface area contributed by atoms with Crippen molar-refractivity contribution < 1.29 is 24.5 Å². The summed E-state index contributed by atoms with van der Waals surface area (Å²) in [6.45, 7) is 4.91. The van der Waals surface area contributed by atoms with Gasteiger partial charge in [0.2, 0.25) is 5.91 Å². The molecule has 2 unspecified atom stereocenters. The number of hydrogen-bond donors (Lipinski definition) is 3. The maximum atomic E-state index is 12.5. The molecule has 0 aliphatic heterocycles. The summed E-state index contributed by atoms with van der Waals surface area (Å²) in [4.78, 5) is 24.5. The van der Waals surface area contributed by atoms with E-state index in [2.05, 4.69) is 31.3 Å². The molecule has 0 aliphatic carbocycles. The van der Waals surface area contributed by atoms with E-state index in [1.165, 1.54) is 263 Å². The molecule has 0 bridgehead atoms. The summed E-state index contributed by atoms with van der Waals surface area (Å²) in [5.41, 5.74) is 0. The number of allylic oxidation sites excluding steroid dienone is 3. The lowest BCUT2D eigenvalue weighted by Crippen LogP contribution is -2.45. The molecule has 402 valence electrons. The molecule has 0 spiro atoms. The topological polar surface area (TPSA) is 95.9 Å². The Labute approximate surface area is 424 Å². The third-order valence-electron chi connectivity index (χ3n) is 14.2. The number of ether oxygens (including phenoxy) is 1. The van der Waals surface area contributed by atoms with Crippen LogP contribution in [0.5, 0.6) is 0 Å². The number of unbranched alkanes of at least 4 members (excludes halogenated alkanes) is 44. The Bertz CT molecular complexity index is 1060. The molecule has 0 heterocycles. The smallest absolute Gasteiger partial charge is 0.305 e. The lowest BCUT2D eigenvalue weighted by Gasteiger charge is -2.20. The molecule has 0 saturated heterocycles. The van der Waals surface area contributed by atoms with Crippen molar-refractivity contribution in [1.29, 1.82) is 0 Å². The van der Waals surface area contributed by atoms with Crippen molar-refractivity contribution in [1.82, 2.24) is 5.32 Å². The van der Waals surface area contributed by atoms with Crippen LogP contribution in [-0.2, 0) is 14.3 Å². The predicted octanol–water partition coefficient (Wildman–Crippen LogP) is 19.0. The highest BCUT2D eigenvalue weighted by molar-refractivity contribution is 5.76. The lowest BCUT2D eigenvalue weighted by molar-refractivity contribution is -0.143. The Morgan fingerprint density at radius 1 is 0.397 bits per heavy atom. The van der Waals surface area contributed by atoms with E-state index >= 15 is 0 Å². The van der Waals surface area contributed by atoms with Crippen LogP contribution in [0.25, 0.3) is 0 Å². The zero-order valence-corrected chi connectivity index (χ0v) is 45.9. The summed E-state index contributed by atoms with van der Waals surface area (Å²) >= 11 is 0. The molecule has 0 aliphatic rings. The second-order valence-corrected chi connectivity index (χ2v) is 21.0. The maximum absolute atomic E-state index is 12.5. The monoisotopic (exact) mass is 958 g/mol. The SMILES string of the molecule is CCCCCCCCCCCCCCC/C=C/C(O)C(CO)NC(=O)CCCCCCCCC/C=C\CCCCCCCCCCCOC(=O)CCCCCCCCCCCCCCCCCC. The molecule has 0 aromatic heterocycles. The third kappa shape index (κ3) is 53.7. The van der Waals surface area contributed by atoms with Gasteiger partial charge in [0.05, 0.1) is 25.4 Å². The molecule has 6 heteroatoms. The van der Waals surface area contributed by atoms with E-state index in [-0.39, 0.29) is 18.5 Å². The van der Waals surface area contributed by atoms with Gasteiger partial charge in [-0.15, -0.1) is 0 Å². The van der Waals surface area contributed by atoms with E-state index < -0.39 is 12.1 Å². The molecule has 0 radical (unpaired) electrons. The van der Waals surface area contributed by atoms with Gasteiger partial charge in [0, 0.05) is 12.8 Å². The molecule has 0 aromatic carbocycles. The summed E-state index contributed by atoms with van der Waals surface area (Å²) < 4.78 is 5.49. The Balaban J connectivity index is 3.44. The molecular weight excluding hydrogens is 839 g/mol. The van der Waals surface area contributed by atoms with Crippen molar-refractivity contribution in [3.05, 3.63) is 24.3 Å². The fourth-order valence-corrected chi connectivity index (χ4v) is 9.51. The number of amides is 1. The standard InChI is InChI=1S/C62H119NO5/c1-3-5-7-9-11-13-15-17-19-28-32-36-40-44-48-52-56-62(67)68-57-53-49-45-41-37-33-29-25-23-21-20-22-24-27-31-35-39-43-47-51-55-61(66)63-59(58-64)60(65)54-50-46-42-38-34-30-26-18-16-14-12-10-8-6-4-2/h20,22,50,54,59-60,64-65H,3-19,21,23-49,51-53,55-58H2,1-2H3,(H,63,66)/b22-20-,54-50+. The molecule has 0 fully saturated rings. The summed E-state index contributed by atoms with van der Waals surface area (Å²) in [6, 6.07) is -0.634. The van der Waals surface area contributed by atoms with E-state index in [0.717, 1.165) is 44.9 Å². The number of carbonyl (C=O) groups excluding carboxylic acids is 2. The Hall–Kier alpha value is -1.66. The fourth-order valence-electron chi connectivity index (χ4n) is 9.51. The van der Waals surface area contributed by atoms with Crippen LogP contribution < -0.4 is 5.32 Å². The van der Waals surface area contributed by atoms with Crippen molar-refractivity contribution in [3.63, 3.8) is 0 Å². The van der Waals surface area contributed by atoms with E-state index in [0.29, 0.717) is 19.4 Å². The molecule has 0 aromatic rings. The number of hydrogen-bond acceptors (Lipinski definition) is 5. The average Bonchev–Trinajstić information content (AvgIpc) is 3.34. The summed E-state index contributed by atoms with van der Waals surface area (Å²) in [6.07, 6.45) is 70.7. The largest absolute Gasteiger partial charge is 0.466 e. The van der Waals surface area contributed by atoms with Gasteiger partial charge in [-0.1, -0.05) is 289 Å². The summed E-state index contributed by atoms with van der Waals surface area (Å²) in [7, 11) is 0. The first kappa shape index (κ1) is 66.3. The van der Waals surface area contributed by atoms with Crippen LogP contribution in [-0.4, -0.2) is 47.4 Å². The van der Waals surface area contributed by atoms with Gasteiger partial charge in [-0.2, -0.15) is 0 Å². The fraction of sp³-hybridized carbons (Fsp3) is 0.903. The van der Waals surface area contributed by atoms with Gasteiger partial charge < -0.3 is 20.3 Å². The minimum Gasteiger partial charge on any atom is -0.466 e. The number of aliphatic hydroxyl groups is 2. The minimum atomic E-state index is -0.849. The van der Waals surface area contributed by atoms with Gasteiger partial charge in [0.25, 0.3) is 0 Å². The van der Waals surface area contributed by atoms with Crippen LogP contribution in [0.1, 0.15) is 335 Å². The van der Waals surface area contributed by atoms with Crippen LogP contribution in [0, 0.1) is 0 Å². The van der Waals surface area contributed by atoms with E-state index in [1.807, 2.05) is 6.08 Å². The van der Waals surface area contributed by atoms with Gasteiger partial charge in [0.15, 0.2) is 0 Å². The summed E-state index contributed by atoms with van der Waals surface area (Å²) in [5.74, 6) is -0.0659. The van der Waals surface area contributed by atoms with E-state index in [4.69, 9.17) is 4.74 Å². The zero-order valence-electron chi connectivity index (χ0n) is 45.9. The van der Waals surface area contributed by atoms with Crippen LogP contribution >= 0.6 is 0 Å². The van der Waals surface area contributed by atoms with Gasteiger partial charge in [0.1, 0.15) is 0 Å². The van der Waals surface area contributed by atoms with Crippen molar-refractivity contribution in [2.24, 2.45) is 0 Å². The van der Waals surface area contributed by atoms with Crippen LogP contribution in [0.3, 0.4) is 0 Å². The van der Waals surface area contributed by atoms with Crippen LogP contribution in [0.15, 0.2) is 24.3 Å². The lowest BCUT2D eigenvalue weighted by atomic mass is 10.0. The van der Waals surface area contributed by atoms with E-state index in [9.17, 15) is 19.8 Å². The first-order valence-electron chi connectivity index (χ1n) is 30.6. The Morgan fingerprint density at radius 2 is 0.691 bits per heavy atom. The molecule has 0 rings (SSSR count). The van der Waals surface area contributed by atoms with E-state index in [1.54, 1.807) is 6.08 Å². The molecule has 3 N–H and O–H groups in total. The Kier molecular flexibility index (Phi) is 56.5. The highest BCUT2D eigenvalue weighted by Gasteiger charge is 2.18. The summed E-state index contributed by atoms with van der Waals surface area (Å²) in [5, 5.41) is 23.1. The molecular formula is C62H119NO5. The molecule has 2 atom stereocenters. The highest BCUT2D eigenvalue weighted by Crippen LogP contribution is 2.17. The molecule has 6 nitrogen and oxygen atoms in total.